The Balaban J connectivity index is 1.89. The minimum atomic E-state index is -4.09. The van der Waals surface area contributed by atoms with E-state index < -0.39 is 10.1 Å². The van der Waals surface area contributed by atoms with Gasteiger partial charge in [0.2, 0.25) is 5.91 Å². The van der Waals surface area contributed by atoms with Crippen molar-refractivity contribution in [3.05, 3.63) is 56.5 Å². The number of carbonyl (C=O) groups excluding carboxylic acids is 1. The molecule has 1 atom stereocenters. The number of aryl methyl sites for hydroxylation is 1. The average Bonchev–Trinajstić information content (AvgIpc) is 2.97. The number of thioether (sulfide) groups is 1. The normalized spacial score (nSPS) is 18.4. The van der Waals surface area contributed by atoms with Gasteiger partial charge in [0.25, 0.3) is 0 Å². The first-order valence-electron chi connectivity index (χ1n) is 8.24. The van der Waals surface area contributed by atoms with Crippen molar-refractivity contribution >= 4 is 71.0 Å². The molecule has 29 heavy (non-hydrogen) atoms. The van der Waals surface area contributed by atoms with Crippen LogP contribution in [0.4, 0.5) is 0 Å². The van der Waals surface area contributed by atoms with Crippen LogP contribution in [-0.4, -0.2) is 31.0 Å². The Hall–Kier alpha value is -1.69. The molecule has 11 heteroatoms. The first-order chi connectivity index (χ1) is 13.7. The lowest BCUT2D eigenvalue weighted by molar-refractivity contribution is -0.118. The summed E-state index contributed by atoms with van der Waals surface area (Å²) in [7, 11) is -4.09. The van der Waals surface area contributed by atoms with Gasteiger partial charge < -0.3 is 9.50 Å². The van der Waals surface area contributed by atoms with Crippen molar-refractivity contribution in [3.63, 3.8) is 0 Å². The summed E-state index contributed by atoms with van der Waals surface area (Å²) < 4.78 is 31.9. The van der Waals surface area contributed by atoms with E-state index in [1.54, 1.807) is 37.3 Å². The second-order valence-electron chi connectivity index (χ2n) is 6.05. The number of hydrogen-bond donors (Lipinski definition) is 1. The van der Waals surface area contributed by atoms with Crippen LogP contribution in [0.25, 0.3) is 0 Å². The average molecular weight is 561 g/mol. The zero-order valence-corrected chi connectivity index (χ0v) is 20.0. The van der Waals surface area contributed by atoms with E-state index >= 15 is 0 Å². The van der Waals surface area contributed by atoms with Crippen LogP contribution in [0.15, 0.2) is 60.4 Å². The van der Waals surface area contributed by atoms with Crippen molar-refractivity contribution in [1.29, 1.82) is 0 Å². The minimum Gasteiger partial charge on any atom is -0.378 e. The van der Waals surface area contributed by atoms with Gasteiger partial charge in [-0.15, -0.1) is 5.10 Å². The molecule has 1 saturated heterocycles. The van der Waals surface area contributed by atoms with E-state index in [4.69, 9.17) is 4.18 Å². The number of halogens is 2. The van der Waals surface area contributed by atoms with E-state index in [0.717, 1.165) is 5.56 Å². The topological polar surface area (TPSA) is 97.2 Å². The fourth-order valence-electron chi connectivity index (χ4n) is 2.33. The lowest BCUT2D eigenvalue weighted by atomic mass is 10.1. The number of rotatable bonds is 5. The Labute approximate surface area is 189 Å². The quantitative estimate of drug-likeness (QED) is 0.335. The molecule has 152 valence electrons. The second kappa shape index (κ2) is 8.99. The highest BCUT2D eigenvalue weighted by atomic mass is 79.9. The number of carbonyl (C=O) groups is 1. The van der Waals surface area contributed by atoms with E-state index in [9.17, 15) is 13.2 Å². The van der Waals surface area contributed by atoms with Gasteiger partial charge in [-0.25, -0.2) is 0 Å². The van der Waals surface area contributed by atoms with Crippen molar-refractivity contribution in [1.82, 2.24) is 5.32 Å². The summed E-state index contributed by atoms with van der Waals surface area (Å²) in [4.78, 5) is 11.5. The summed E-state index contributed by atoms with van der Waals surface area (Å²) in [5.41, 5.74) is 1.33. The van der Waals surface area contributed by atoms with Crippen molar-refractivity contribution in [2.45, 2.75) is 24.0 Å². The number of benzene rings is 2. The summed E-state index contributed by atoms with van der Waals surface area (Å²) in [6.45, 7) is 3.63. The summed E-state index contributed by atoms with van der Waals surface area (Å²) in [6, 6.07) is 9.80. The van der Waals surface area contributed by atoms with Crippen LogP contribution in [0.2, 0.25) is 0 Å². The Morgan fingerprint density at radius 3 is 2.66 bits per heavy atom. The number of nitrogens with one attached hydrogen (secondary N) is 1. The van der Waals surface area contributed by atoms with Crippen molar-refractivity contribution < 1.29 is 17.4 Å². The first-order valence-corrected chi connectivity index (χ1v) is 12.1. The summed E-state index contributed by atoms with van der Waals surface area (Å²) in [5.74, 6) is -0.0166. The molecule has 1 N–H and O–H groups in total. The maximum Gasteiger partial charge on any atom is 0.340 e. The van der Waals surface area contributed by atoms with Gasteiger partial charge in [0.05, 0.1) is 11.5 Å². The van der Waals surface area contributed by atoms with E-state index in [2.05, 4.69) is 47.4 Å². The number of nitrogens with zero attached hydrogens (tertiary/aromatic N) is 2. The van der Waals surface area contributed by atoms with Crippen molar-refractivity contribution in [2.75, 3.05) is 0 Å². The molecule has 0 saturated carbocycles. The molecule has 1 heterocycles. The molecule has 1 amide bonds. The molecule has 0 aliphatic carbocycles. The third kappa shape index (κ3) is 5.47. The monoisotopic (exact) mass is 559 g/mol. The third-order valence-corrected chi connectivity index (χ3v) is 7.46. The number of amidine groups is 1. The molecule has 0 spiro atoms. The molecule has 3 rings (SSSR count). The Kier molecular flexibility index (Phi) is 6.82. The largest absolute Gasteiger partial charge is 0.378 e. The van der Waals surface area contributed by atoms with Gasteiger partial charge in [-0.3, -0.25) is 4.79 Å². The molecule has 0 bridgehead atoms. The molecule has 0 aromatic heterocycles. The standard InChI is InChI=1S/C18H15Br2N3O4S2/c1-10-3-6-15(27-29(25,26)16-8-13(19)4-5-14(16)20)12(7-10)9-21-23-18-22-17(24)11(2)28-18/h3-9,11H,1-2H3,(H,22,23,24)/b21-9+. The molecule has 1 aliphatic heterocycles. The van der Waals surface area contributed by atoms with Gasteiger partial charge in [0, 0.05) is 14.5 Å². The third-order valence-electron chi connectivity index (χ3n) is 3.76. The van der Waals surface area contributed by atoms with Crippen molar-refractivity contribution in [3.8, 4) is 5.75 Å². The van der Waals surface area contributed by atoms with E-state index in [1.165, 1.54) is 24.0 Å². The highest BCUT2D eigenvalue weighted by Gasteiger charge is 2.26. The van der Waals surface area contributed by atoms with E-state index in [-0.39, 0.29) is 21.8 Å². The molecule has 1 aliphatic rings. The molecule has 1 fully saturated rings. The SMILES string of the molecule is Cc1ccc(OS(=O)(=O)c2cc(Br)ccc2Br)c(/C=N/N=C2/NC(=O)C(C)S2)c1. The van der Waals surface area contributed by atoms with Crippen LogP contribution in [0, 0.1) is 6.92 Å². The zero-order chi connectivity index (χ0) is 21.2. The van der Waals surface area contributed by atoms with Crippen LogP contribution >= 0.6 is 43.6 Å². The maximum absolute atomic E-state index is 12.8. The van der Waals surface area contributed by atoms with Crippen LogP contribution in [0.1, 0.15) is 18.1 Å². The zero-order valence-electron chi connectivity index (χ0n) is 15.2. The molecular formula is C18H15Br2N3O4S2. The van der Waals surface area contributed by atoms with E-state index in [0.29, 0.717) is 19.7 Å². The summed E-state index contributed by atoms with van der Waals surface area (Å²) in [6.07, 6.45) is 1.39. The Morgan fingerprint density at radius 1 is 1.21 bits per heavy atom. The smallest absolute Gasteiger partial charge is 0.340 e. The number of amides is 1. The minimum absolute atomic E-state index is 0.00497. The van der Waals surface area contributed by atoms with E-state index in [1.807, 2.05) is 6.92 Å². The van der Waals surface area contributed by atoms with Gasteiger partial charge in [-0.2, -0.15) is 13.5 Å². The van der Waals surface area contributed by atoms with Gasteiger partial charge in [0.15, 0.2) is 10.9 Å². The Morgan fingerprint density at radius 2 is 1.97 bits per heavy atom. The highest BCUT2D eigenvalue weighted by molar-refractivity contribution is 9.11. The van der Waals surface area contributed by atoms with Crippen LogP contribution < -0.4 is 9.50 Å². The lowest BCUT2D eigenvalue weighted by Gasteiger charge is -2.11. The molecule has 2 aromatic carbocycles. The second-order valence-corrected chi connectivity index (χ2v) is 10.7. The van der Waals surface area contributed by atoms with Gasteiger partial charge in [-0.05, 0) is 60.1 Å². The molecule has 7 nitrogen and oxygen atoms in total. The fraction of sp³-hybridized carbons (Fsp3) is 0.167. The van der Waals surface area contributed by atoms with Gasteiger partial charge in [0.1, 0.15) is 4.90 Å². The highest BCUT2D eigenvalue weighted by Crippen LogP contribution is 2.29. The predicted molar refractivity (Wildman–Crippen MR) is 121 cm³/mol. The molecule has 0 radical (unpaired) electrons. The fourth-order valence-corrected chi connectivity index (χ4v) is 5.49. The predicted octanol–water partition coefficient (Wildman–Crippen LogP) is 4.23. The molecule has 2 aromatic rings. The first kappa shape index (κ1) is 22.0. The van der Waals surface area contributed by atoms with Crippen molar-refractivity contribution in [2.24, 2.45) is 10.2 Å². The maximum atomic E-state index is 12.8. The van der Waals surface area contributed by atoms with Gasteiger partial charge >= 0.3 is 10.1 Å². The summed E-state index contributed by atoms with van der Waals surface area (Å²) in [5, 5.41) is 10.7. The lowest BCUT2D eigenvalue weighted by Crippen LogP contribution is -2.23. The molecule has 1 unspecified atom stereocenters. The molecular weight excluding hydrogens is 546 g/mol. The van der Waals surface area contributed by atoms with Crippen LogP contribution in [0.3, 0.4) is 0 Å². The Bertz CT molecular complexity index is 1130. The van der Waals surface area contributed by atoms with Crippen LogP contribution in [-0.2, 0) is 14.9 Å². The number of hydrogen-bond acceptors (Lipinski definition) is 7. The summed E-state index contributed by atoms with van der Waals surface area (Å²) >= 11 is 7.77. The van der Waals surface area contributed by atoms with Crippen LogP contribution in [0.5, 0.6) is 5.75 Å². The van der Waals surface area contributed by atoms with Gasteiger partial charge in [-0.1, -0.05) is 39.3 Å².